The molecule has 2 fully saturated rings. The molecule has 0 bridgehead atoms. The van der Waals surface area contributed by atoms with Crippen LogP contribution in [0.2, 0.25) is 0 Å². The number of urea groups is 1. The number of carbonyl (C=O) groups is 1. The van der Waals surface area contributed by atoms with Gasteiger partial charge in [0.25, 0.3) is 0 Å². The highest BCUT2D eigenvalue weighted by Gasteiger charge is 2.40. The first-order valence-corrected chi connectivity index (χ1v) is 12.0. The molecule has 2 aromatic rings. The van der Waals surface area contributed by atoms with Crippen molar-refractivity contribution in [2.24, 2.45) is 16.8 Å². The second-order valence-electron chi connectivity index (χ2n) is 9.73. The number of fused-ring (bicyclic) bond motifs is 2. The van der Waals surface area contributed by atoms with Crippen molar-refractivity contribution >= 4 is 22.8 Å². The van der Waals surface area contributed by atoms with Crippen molar-refractivity contribution in [2.45, 2.75) is 32.4 Å². The maximum absolute atomic E-state index is 14.2. The van der Waals surface area contributed by atoms with Crippen molar-refractivity contribution in [1.82, 2.24) is 25.0 Å². The number of para-hydroxylation sites is 1. The molecule has 4 aliphatic heterocycles. The largest absolute Gasteiger partial charge is 0.381 e. The van der Waals surface area contributed by atoms with Crippen LogP contribution in [0, 0.1) is 17.7 Å². The van der Waals surface area contributed by atoms with E-state index in [0.717, 1.165) is 61.9 Å². The van der Waals surface area contributed by atoms with Crippen LogP contribution in [-0.4, -0.2) is 70.6 Å². The zero-order chi connectivity index (χ0) is 23.2. The molecule has 9 heteroatoms. The van der Waals surface area contributed by atoms with Gasteiger partial charge in [-0.05, 0) is 30.9 Å². The van der Waals surface area contributed by atoms with Crippen molar-refractivity contribution < 1.29 is 13.9 Å². The average molecular weight is 465 g/mol. The van der Waals surface area contributed by atoms with Crippen LogP contribution in [-0.2, 0) is 11.3 Å². The van der Waals surface area contributed by atoms with Crippen LogP contribution in [0.5, 0.6) is 0 Å². The zero-order valence-corrected chi connectivity index (χ0v) is 19.3. The van der Waals surface area contributed by atoms with E-state index >= 15 is 0 Å². The van der Waals surface area contributed by atoms with Gasteiger partial charge < -0.3 is 9.64 Å². The number of aliphatic imine (C=N–C) groups is 1. The first-order valence-electron chi connectivity index (χ1n) is 12.0. The molecule has 5 heterocycles. The normalized spacial score (nSPS) is 26.0. The Kier molecular flexibility index (Phi) is 5.45. The minimum Gasteiger partial charge on any atom is -0.381 e. The molecule has 1 N–H and O–H groups in total. The van der Waals surface area contributed by atoms with Gasteiger partial charge in [-0.2, -0.15) is 0 Å². The van der Waals surface area contributed by atoms with E-state index in [1.165, 1.54) is 6.07 Å². The van der Waals surface area contributed by atoms with Crippen LogP contribution >= 0.6 is 0 Å². The van der Waals surface area contributed by atoms with Gasteiger partial charge in [-0.15, -0.1) is 0 Å². The summed E-state index contributed by atoms with van der Waals surface area (Å²) in [4.78, 5) is 28.6. The third kappa shape index (κ3) is 3.92. The molecule has 1 aromatic carbocycles. The standard InChI is InChI=1S/C25H29FN6O2/c1-16-11-30(12-18-6-5-17-3-2-4-21(26)23(17)27-18)13-20(16)24-28-22-14-31(15-32(22)25(33)29-24)19-7-9-34-10-8-19/h2-6,14,16,19-20H,7-13,15H2,1H3,(H,28,29,33). The van der Waals surface area contributed by atoms with E-state index in [-0.39, 0.29) is 17.8 Å². The van der Waals surface area contributed by atoms with Crippen molar-refractivity contribution in [3.63, 3.8) is 0 Å². The number of pyridine rings is 1. The van der Waals surface area contributed by atoms with Gasteiger partial charge in [0, 0.05) is 56.4 Å². The van der Waals surface area contributed by atoms with E-state index in [4.69, 9.17) is 9.73 Å². The monoisotopic (exact) mass is 464 g/mol. The lowest BCUT2D eigenvalue weighted by Crippen LogP contribution is -2.50. The molecule has 2 atom stereocenters. The Hall–Kier alpha value is -3.04. The van der Waals surface area contributed by atoms with E-state index in [9.17, 15) is 9.18 Å². The van der Waals surface area contributed by atoms with Gasteiger partial charge >= 0.3 is 6.03 Å². The van der Waals surface area contributed by atoms with E-state index in [0.29, 0.717) is 30.7 Å². The second kappa shape index (κ2) is 8.63. The fraction of sp³-hybridized carbons (Fsp3) is 0.480. The molecule has 6 rings (SSSR count). The maximum Gasteiger partial charge on any atom is 0.329 e. The SMILES string of the molecule is CC1CN(Cc2ccc3cccc(F)c3n2)CC1C1=NC2=CN(C3CCOCC3)CN2C(=O)N1. The molecule has 178 valence electrons. The summed E-state index contributed by atoms with van der Waals surface area (Å²) in [5.41, 5.74) is 1.26. The van der Waals surface area contributed by atoms with Crippen LogP contribution in [0.3, 0.4) is 0 Å². The number of amidine groups is 1. The summed E-state index contributed by atoms with van der Waals surface area (Å²) in [6.07, 6.45) is 3.97. The van der Waals surface area contributed by atoms with Gasteiger partial charge in [-0.1, -0.05) is 25.1 Å². The van der Waals surface area contributed by atoms with Crippen molar-refractivity contribution in [3.8, 4) is 0 Å². The third-order valence-electron chi connectivity index (χ3n) is 7.39. The summed E-state index contributed by atoms with van der Waals surface area (Å²) in [6.45, 7) is 6.54. The minimum atomic E-state index is -0.296. The Morgan fingerprint density at radius 2 is 2.03 bits per heavy atom. The smallest absolute Gasteiger partial charge is 0.329 e. The lowest BCUT2D eigenvalue weighted by atomic mass is 9.96. The number of hydrogen-bond donors (Lipinski definition) is 1. The fourth-order valence-electron chi connectivity index (χ4n) is 5.51. The van der Waals surface area contributed by atoms with Crippen LogP contribution in [0.4, 0.5) is 9.18 Å². The Balaban J connectivity index is 1.17. The number of benzene rings is 1. The highest BCUT2D eigenvalue weighted by atomic mass is 19.1. The number of aromatic nitrogens is 1. The summed E-state index contributed by atoms with van der Waals surface area (Å²) in [5, 5.41) is 3.86. The fourth-order valence-corrected chi connectivity index (χ4v) is 5.51. The molecule has 2 amide bonds. The first kappa shape index (κ1) is 21.5. The number of nitrogens with zero attached hydrogens (tertiary/aromatic N) is 5. The predicted octanol–water partition coefficient (Wildman–Crippen LogP) is 3.12. The van der Waals surface area contributed by atoms with Crippen LogP contribution in [0.25, 0.3) is 10.9 Å². The summed E-state index contributed by atoms with van der Waals surface area (Å²) in [6, 6.07) is 9.19. The number of halogens is 1. The molecule has 2 unspecified atom stereocenters. The predicted molar refractivity (Wildman–Crippen MR) is 126 cm³/mol. The molecule has 34 heavy (non-hydrogen) atoms. The molecule has 0 aliphatic carbocycles. The number of carbonyl (C=O) groups excluding carboxylic acids is 1. The summed E-state index contributed by atoms with van der Waals surface area (Å²) >= 11 is 0. The Morgan fingerprint density at radius 1 is 1.18 bits per heavy atom. The summed E-state index contributed by atoms with van der Waals surface area (Å²) < 4.78 is 19.7. The molecular formula is C25H29FN6O2. The Morgan fingerprint density at radius 3 is 2.88 bits per heavy atom. The summed E-state index contributed by atoms with van der Waals surface area (Å²) in [5.74, 6) is 1.63. The van der Waals surface area contributed by atoms with E-state index in [1.54, 1.807) is 11.0 Å². The van der Waals surface area contributed by atoms with Gasteiger partial charge in [0.05, 0.1) is 5.69 Å². The van der Waals surface area contributed by atoms with Crippen molar-refractivity contribution in [2.75, 3.05) is 33.0 Å². The molecule has 1 aromatic heterocycles. The minimum absolute atomic E-state index is 0.108. The number of nitrogens with one attached hydrogen (secondary N) is 1. The molecular weight excluding hydrogens is 435 g/mol. The Labute approximate surface area is 198 Å². The molecule has 0 radical (unpaired) electrons. The van der Waals surface area contributed by atoms with Gasteiger partial charge in [0.1, 0.15) is 23.8 Å². The topological polar surface area (TPSA) is 73.3 Å². The lowest BCUT2D eigenvalue weighted by Gasteiger charge is -2.32. The summed E-state index contributed by atoms with van der Waals surface area (Å²) in [7, 11) is 0. The van der Waals surface area contributed by atoms with Gasteiger partial charge in [-0.3, -0.25) is 15.1 Å². The molecule has 0 saturated carbocycles. The molecule has 4 aliphatic rings. The number of amides is 2. The average Bonchev–Trinajstić information content (AvgIpc) is 3.44. The van der Waals surface area contributed by atoms with Crippen LogP contribution in [0.1, 0.15) is 25.5 Å². The van der Waals surface area contributed by atoms with Crippen LogP contribution in [0.15, 0.2) is 47.3 Å². The van der Waals surface area contributed by atoms with Gasteiger partial charge in [0.2, 0.25) is 0 Å². The van der Waals surface area contributed by atoms with Crippen molar-refractivity contribution in [3.05, 3.63) is 53.9 Å². The highest BCUT2D eigenvalue weighted by Crippen LogP contribution is 2.30. The third-order valence-corrected chi connectivity index (χ3v) is 7.39. The second-order valence-corrected chi connectivity index (χ2v) is 9.73. The zero-order valence-electron chi connectivity index (χ0n) is 19.3. The van der Waals surface area contributed by atoms with Crippen LogP contribution < -0.4 is 5.32 Å². The maximum atomic E-state index is 14.2. The van der Waals surface area contributed by atoms with E-state index in [1.807, 2.05) is 24.4 Å². The quantitative estimate of drug-likeness (QED) is 0.753. The Bertz CT molecular complexity index is 1180. The molecule has 8 nitrogen and oxygen atoms in total. The number of likely N-dealkylation sites (tertiary alicyclic amines) is 1. The molecule has 2 saturated heterocycles. The highest BCUT2D eigenvalue weighted by molar-refractivity contribution is 6.02. The van der Waals surface area contributed by atoms with E-state index in [2.05, 4.69) is 27.0 Å². The van der Waals surface area contributed by atoms with Gasteiger partial charge in [-0.25, -0.2) is 19.2 Å². The van der Waals surface area contributed by atoms with E-state index < -0.39 is 0 Å². The lowest BCUT2D eigenvalue weighted by molar-refractivity contribution is 0.0459. The first-order chi connectivity index (χ1) is 16.5. The van der Waals surface area contributed by atoms with Crippen molar-refractivity contribution in [1.29, 1.82) is 0 Å². The molecule has 0 spiro atoms. The number of ether oxygens (including phenoxy) is 1. The number of rotatable bonds is 4. The number of hydrogen-bond acceptors (Lipinski definition) is 6. The van der Waals surface area contributed by atoms with Gasteiger partial charge in [0.15, 0.2) is 5.82 Å².